The quantitative estimate of drug-likeness (QED) is 0.278. The van der Waals surface area contributed by atoms with Crippen molar-refractivity contribution in [3.63, 3.8) is 0 Å². The molecule has 1 saturated carbocycles. The van der Waals surface area contributed by atoms with Crippen LogP contribution in [0.2, 0.25) is 0 Å². The van der Waals surface area contributed by atoms with E-state index in [1.54, 1.807) is 0 Å². The van der Waals surface area contributed by atoms with Crippen LogP contribution < -0.4 is 10.6 Å². The van der Waals surface area contributed by atoms with Gasteiger partial charge in [0.25, 0.3) is 0 Å². The molecule has 3 aromatic carbocycles. The molecule has 1 aromatic heterocycles. The van der Waals surface area contributed by atoms with E-state index >= 15 is 0 Å². The van der Waals surface area contributed by atoms with Crippen LogP contribution in [0.1, 0.15) is 66.8 Å². The fourth-order valence-electron chi connectivity index (χ4n) is 6.31. The number of amides is 3. The maximum absolute atomic E-state index is 13.2. The van der Waals surface area contributed by atoms with Gasteiger partial charge < -0.3 is 15.5 Å². The van der Waals surface area contributed by atoms with Crippen molar-refractivity contribution in [3.05, 3.63) is 106 Å². The molecule has 1 fully saturated rings. The van der Waals surface area contributed by atoms with Gasteiger partial charge in [0, 0.05) is 36.8 Å². The maximum Gasteiger partial charge on any atom is 0.318 e. The second-order valence-corrected chi connectivity index (χ2v) is 13.0. The molecule has 3 amide bonds. The molecule has 0 spiro atoms. The Balaban J connectivity index is 1.28. The van der Waals surface area contributed by atoms with E-state index in [1.165, 1.54) is 11.1 Å². The van der Waals surface area contributed by atoms with E-state index < -0.39 is 0 Å². The molecule has 0 radical (unpaired) electrons. The van der Waals surface area contributed by atoms with Gasteiger partial charge in [0.2, 0.25) is 5.91 Å². The Morgan fingerprint density at radius 1 is 0.953 bits per heavy atom. The van der Waals surface area contributed by atoms with E-state index in [0.29, 0.717) is 25.6 Å². The van der Waals surface area contributed by atoms with Gasteiger partial charge in [-0.25, -0.2) is 9.48 Å². The Kier molecular flexibility index (Phi) is 7.59. The second-order valence-electron chi connectivity index (χ2n) is 13.0. The monoisotopic (exact) mass is 575 g/mol. The largest absolute Gasteiger partial charge is 0.352 e. The standard InChI is InChI=1S/C36H41N5O2/c1-23-18-24(2)41(39-23)28-13-9-12-26(19-28)29-15-14-27(21-37-34(42)32-20-31(32)25-10-7-6-8-11-25)33-22-40(17-16-30(29)33)35(43)38-36(3,4)5/h6-15,18-19,31-32H,16-17,20-22H2,1-5H3,(H,37,42)(H,38,43)/t31-,32?/m0/s1. The van der Waals surface area contributed by atoms with Crippen LogP contribution in [0.3, 0.4) is 0 Å². The summed E-state index contributed by atoms with van der Waals surface area (Å²) in [5, 5.41) is 11.0. The number of aromatic nitrogens is 2. The van der Waals surface area contributed by atoms with E-state index in [4.69, 9.17) is 0 Å². The predicted octanol–water partition coefficient (Wildman–Crippen LogP) is 6.44. The van der Waals surface area contributed by atoms with Crippen molar-refractivity contribution in [2.45, 2.75) is 72.0 Å². The van der Waals surface area contributed by atoms with Crippen molar-refractivity contribution < 1.29 is 9.59 Å². The summed E-state index contributed by atoms with van der Waals surface area (Å²) in [5.41, 5.74) is 9.72. The summed E-state index contributed by atoms with van der Waals surface area (Å²) >= 11 is 0. The first-order chi connectivity index (χ1) is 20.6. The molecule has 2 aliphatic rings. The highest BCUT2D eigenvalue weighted by Gasteiger charge is 2.43. The Bertz CT molecular complexity index is 1670. The number of benzene rings is 3. The zero-order chi connectivity index (χ0) is 30.3. The topological polar surface area (TPSA) is 79.3 Å². The number of aryl methyl sites for hydroxylation is 2. The van der Waals surface area contributed by atoms with Crippen LogP contribution in [-0.2, 0) is 24.3 Å². The number of urea groups is 1. The summed E-state index contributed by atoms with van der Waals surface area (Å²) in [4.78, 5) is 28.2. The van der Waals surface area contributed by atoms with Crippen LogP contribution in [0.5, 0.6) is 0 Å². The number of carbonyl (C=O) groups excluding carboxylic acids is 2. The van der Waals surface area contributed by atoms with Crippen molar-refractivity contribution in [1.29, 1.82) is 0 Å². The Hall–Kier alpha value is -4.39. The van der Waals surface area contributed by atoms with Crippen LogP contribution in [0.4, 0.5) is 4.79 Å². The molecule has 2 N–H and O–H groups in total. The zero-order valence-electron chi connectivity index (χ0n) is 25.8. The summed E-state index contributed by atoms with van der Waals surface area (Å²) < 4.78 is 1.98. The third kappa shape index (κ3) is 6.21. The minimum absolute atomic E-state index is 0.0173. The normalized spacial score (nSPS) is 17.7. The highest BCUT2D eigenvalue weighted by molar-refractivity contribution is 5.83. The third-order valence-electron chi connectivity index (χ3n) is 8.50. The number of hydrogen-bond acceptors (Lipinski definition) is 3. The molecule has 4 aromatic rings. The molecule has 1 aliphatic heterocycles. The molecule has 6 rings (SSSR count). The second kappa shape index (κ2) is 11.4. The van der Waals surface area contributed by atoms with Gasteiger partial charge in [-0.15, -0.1) is 0 Å². The van der Waals surface area contributed by atoms with Gasteiger partial charge in [0.1, 0.15) is 0 Å². The van der Waals surface area contributed by atoms with Gasteiger partial charge >= 0.3 is 6.03 Å². The molecule has 7 heteroatoms. The average molecular weight is 576 g/mol. The lowest BCUT2D eigenvalue weighted by Gasteiger charge is -2.34. The van der Waals surface area contributed by atoms with Gasteiger partial charge in [0.15, 0.2) is 0 Å². The Labute approximate surface area is 254 Å². The van der Waals surface area contributed by atoms with E-state index in [9.17, 15) is 9.59 Å². The molecule has 0 bridgehead atoms. The van der Waals surface area contributed by atoms with Gasteiger partial charge in [-0.1, -0.05) is 54.6 Å². The SMILES string of the molecule is Cc1cc(C)n(-c2cccc(-c3ccc(CNC(=O)C4C[C@H]4c4ccccc4)c4c3CCN(C(=O)NC(C)(C)C)C4)c2)n1. The van der Waals surface area contributed by atoms with Crippen LogP contribution in [0.25, 0.3) is 16.8 Å². The fraction of sp³-hybridized carbons (Fsp3) is 0.361. The summed E-state index contributed by atoms with van der Waals surface area (Å²) in [7, 11) is 0. The summed E-state index contributed by atoms with van der Waals surface area (Å²) in [5.74, 6) is 0.412. The molecule has 1 unspecified atom stereocenters. The molecule has 0 saturated heterocycles. The summed E-state index contributed by atoms with van der Waals surface area (Å²) in [6.45, 7) is 11.7. The number of fused-ring (bicyclic) bond motifs is 1. The minimum atomic E-state index is -0.320. The van der Waals surface area contributed by atoms with Crippen LogP contribution in [0.15, 0.2) is 72.8 Å². The Morgan fingerprint density at radius 2 is 1.74 bits per heavy atom. The lowest BCUT2D eigenvalue weighted by molar-refractivity contribution is -0.122. The van der Waals surface area contributed by atoms with Crippen LogP contribution in [0, 0.1) is 19.8 Å². The fourth-order valence-corrected chi connectivity index (χ4v) is 6.31. The van der Waals surface area contributed by atoms with E-state index in [2.05, 4.69) is 77.3 Å². The number of nitrogens with one attached hydrogen (secondary N) is 2. The number of nitrogens with zero attached hydrogens (tertiary/aromatic N) is 3. The molecule has 7 nitrogen and oxygen atoms in total. The van der Waals surface area contributed by atoms with Crippen molar-refractivity contribution in [2.75, 3.05) is 6.54 Å². The van der Waals surface area contributed by atoms with Gasteiger partial charge in [0.05, 0.1) is 11.4 Å². The molecule has 222 valence electrons. The van der Waals surface area contributed by atoms with Gasteiger partial charge in [-0.3, -0.25) is 4.79 Å². The smallest absolute Gasteiger partial charge is 0.318 e. The third-order valence-corrected chi connectivity index (χ3v) is 8.50. The number of hydrogen-bond donors (Lipinski definition) is 2. The molecule has 2 atom stereocenters. The molecular formula is C36H41N5O2. The Morgan fingerprint density at radius 3 is 2.47 bits per heavy atom. The lowest BCUT2D eigenvalue weighted by Crippen LogP contribution is -2.50. The summed E-state index contributed by atoms with van der Waals surface area (Å²) in [6, 6.07) is 25.1. The van der Waals surface area contributed by atoms with Crippen LogP contribution >= 0.6 is 0 Å². The summed E-state index contributed by atoms with van der Waals surface area (Å²) in [6.07, 6.45) is 1.63. The zero-order valence-corrected chi connectivity index (χ0v) is 25.8. The van der Waals surface area contributed by atoms with Crippen molar-refractivity contribution >= 4 is 11.9 Å². The van der Waals surface area contributed by atoms with E-state index in [0.717, 1.165) is 52.2 Å². The van der Waals surface area contributed by atoms with E-state index in [-0.39, 0.29) is 23.4 Å². The average Bonchev–Trinajstić information content (AvgIpc) is 3.72. The van der Waals surface area contributed by atoms with Crippen LogP contribution in [-0.4, -0.2) is 38.7 Å². The van der Waals surface area contributed by atoms with Gasteiger partial charge in [-0.05, 0) is 105 Å². The maximum atomic E-state index is 13.2. The number of rotatable bonds is 6. The first kappa shape index (κ1) is 28.7. The predicted molar refractivity (Wildman–Crippen MR) is 170 cm³/mol. The molecule has 1 aliphatic carbocycles. The highest BCUT2D eigenvalue weighted by atomic mass is 16.2. The molecule has 2 heterocycles. The lowest BCUT2D eigenvalue weighted by atomic mass is 9.87. The first-order valence-electron chi connectivity index (χ1n) is 15.2. The first-order valence-corrected chi connectivity index (χ1v) is 15.2. The highest BCUT2D eigenvalue weighted by Crippen LogP contribution is 2.47. The minimum Gasteiger partial charge on any atom is -0.352 e. The molecule has 43 heavy (non-hydrogen) atoms. The van der Waals surface area contributed by atoms with Crippen molar-refractivity contribution in [3.8, 4) is 16.8 Å². The number of carbonyl (C=O) groups is 2. The molecular weight excluding hydrogens is 534 g/mol. The van der Waals surface area contributed by atoms with Gasteiger partial charge in [-0.2, -0.15) is 5.10 Å². The van der Waals surface area contributed by atoms with E-state index in [1.807, 2.05) is 55.5 Å². The van der Waals surface area contributed by atoms with Crippen molar-refractivity contribution in [1.82, 2.24) is 25.3 Å². The van der Waals surface area contributed by atoms with Crippen molar-refractivity contribution in [2.24, 2.45) is 5.92 Å².